The molecule has 0 fully saturated rings. The van der Waals surface area contributed by atoms with E-state index in [1.165, 1.54) is 18.3 Å². The van der Waals surface area contributed by atoms with E-state index in [4.69, 9.17) is 0 Å². The van der Waals surface area contributed by atoms with Crippen molar-refractivity contribution < 1.29 is 18.3 Å². The number of rotatable bonds is 3. The van der Waals surface area contributed by atoms with Crippen LogP contribution in [0.1, 0.15) is 17.4 Å². The van der Waals surface area contributed by atoms with Crippen LogP contribution in [-0.2, 0) is 6.18 Å². The monoisotopic (exact) mass is 268 g/mol. The van der Waals surface area contributed by atoms with Gasteiger partial charge in [0.15, 0.2) is 6.23 Å². The minimum absolute atomic E-state index is 0.186. The number of hydrogen-bond acceptors (Lipinski definition) is 3. The molecule has 0 radical (unpaired) electrons. The normalized spacial score (nSPS) is 13.1. The fourth-order valence-corrected chi connectivity index (χ4v) is 1.56. The van der Waals surface area contributed by atoms with E-state index in [9.17, 15) is 18.3 Å². The number of benzene rings is 1. The highest BCUT2D eigenvalue weighted by molar-refractivity contribution is 5.47. The van der Waals surface area contributed by atoms with Gasteiger partial charge in [0.2, 0.25) is 0 Å². The predicted octanol–water partition coefficient (Wildman–Crippen LogP) is 3.20. The largest absolute Gasteiger partial charge is 0.416 e. The zero-order valence-corrected chi connectivity index (χ0v) is 9.72. The van der Waals surface area contributed by atoms with Crippen molar-refractivity contribution in [2.75, 3.05) is 5.32 Å². The standard InChI is InChI=1S/C13H11F3N2O/c14-13(15,16)10-4-1-5-11(7-10)18-12(19)9-3-2-6-17-8-9/h1-8,12,18-19H. The Bertz CT molecular complexity index is 543. The van der Waals surface area contributed by atoms with Gasteiger partial charge in [-0.1, -0.05) is 12.1 Å². The minimum atomic E-state index is -4.41. The predicted molar refractivity (Wildman–Crippen MR) is 64.3 cm³/mol. The molecule has 0 saturated heterocycles. The number of nitrogens with one attached hydrogen (secondary N) is 1. The molecule has 0 amide bonds. The van der Waals surface area contributed by atoms with E-state index in [0.29, 0.717) is 5.56 Å². The Kier molecular flexibility index (Phi) is 3.71. The second-order valence-corrected chi connectivity index (χ2v) is 3.91. The number of aliphatic hydroxyl groups excluding tert-OH is 1. The Morgan fingerprint density at radius 2 is 1.95 bits per heavy atom. The number of aromatic nitrogens is 1. The summed E-state index contributed by atoms with van der Waals surface area (Å²) in [6.45, 7) is 0. The van der Waals surface area contributed by atoms with Crippen LogP contribution in [0.2, 0.25) is 0 Å². The molecule has 2 aromatic rings. The van der Waals surface area contributed by atoms with Gasteiger partial charge < -0.3 is 10.4 Å². The van der Waals surface area contributed by atoms with Crippen LogP contribution < -0.4 is 5.32 Å². The SMILES string of the molecule is OC(Nc1cccc(C(F)(F)F)c1)c1cccnc1. The Labute approximate surface area is 107 Å². The third-order valence-corrected chi connectivity index (χ3v) is 2.49. The van der Waals surface area contributed by atoms with Crippen molar-refractivity contribution in [3.05, 3.63) is 59.9 Å². The number of aliphatic hydroxyl groups is 1. The molecule has 3 nitrogen and oxygen atoms in total. The molecule has 19 heavy (non-hydrogen) atoms. The lowest BCUT2D eigenvalue weighted by Gasteiger charge is -2.15. The van der Waals surface area contributed by atoms with Crippen molar-refractivity contribution in [2.24, 2.45) is 0 Å². The van der Waals surface area contributed by atoms with Gasteiger partial charge in [-0.25, -0.2) is 0 Å². The van der Waals surface area contributed by atoms with Gasteiger partial charge in [0.25, 0.3) is 0 Å². The number of anilines is 1. The Balaban J connectivity index is 2.16. The fourth-order valence-electron chi connectivity index (χ4n) is 1.56. The average Bonchev–Trinajstić information content (AvgIpc) is 2.39. The first kappa shape index (κ1) is 13.4. The zero-order valence-electron chi connectivity index (χ0n) is 9.72. The van der Waals surface area contributed by atoms with E-state index < -0.39 is 18.0 Å². The first-order chi connectivity index (χ1) is 8.97. The van der Waals surface area contributed by atoms with E-state index in [2.05, 4.69) is 10.3 Å². The van der Waals surface area contributed by atoms with E-state index in [1.54, 1.807) is 18.3 Å². The van der Waals surface area contributed by atoms with Gasteiger partial charge in [-0.15, -0.1) is 0 Å². The van der Waals surface area contributed by atoms with Crippen molar-refractivity contribution in [3.8, 4) is 0 Å². The highest BCUT2D eigenvalue weighted by Crippen LogP contribution is 2.31. The van der Waals surface area contributed by atoms with Crippen molar-refractivity contribution in [1.82, 2.24) is 4.98 Å². The minimum Gasteiger partial charge on any atom is -0.369 e. The Morgan fingerprint density at radius 3 is 2.58 bits per heavy atom. The summed E-state index contributed by atoms with van der Waals surface area (Å²) in [6.07, 6.45) is -2.54. The van der Waals surface area contributed by atoms with E-state index in [0.717, 1.165) is 12.1 Å². The summed E-state index contributed by atoms with van der Waals surface area (Å²) in [6, 6.07) is 7.90. The van der Waals surface area contributed by atoms with E-state index in [1.807, 2.05) is 0 Å². The number of hydrogen-bond donors (Lipinski definition) is 2. The molecule has 1 aromatic heterocycles. The van der Waals surface area contributed by atoms with Crippen LogP contribution in [0.4, 0.5) is 18.9 Å². The number of halogens is 3. The summed E-state index contributed by atoms with van der Waals surface area (Å²) in [7, 11) is 0. The second kappa shape index (κ2) is 5.27. The second-order valence-electron chi connectivity index (χ2n) is 3.91. The van der Waals surface area contributed by atoms with E-state index in [-0.39, 0.29) is 5.69 Å². The maximum atomic E-state index is 12.5. The number of nitrogens with zero attached hydrogens (tertiary/aromatic N) is 1. The molecule has 0 aliphatic heterocycles. The maximum Gasteiger partial charge on any atom is 0.416 e. The third kappa shape index (κ3) is 3.45. The fraction of sp³-hybridized carbons (Fsp3) is 0.154. The molecule has 100 valence electrons. The molecule has 1 atom stereocenters. The van der Waals surface area contributed by atoms with Gasteiger partial charge >= 0.3 is 6.18 Å². The average molecular weight is 268 g/mol. The zero-order chi connectivity index (χ0) is 13.9. The van der Waals surface area contributed by atoms with Crippen molar-refractivity contribution in [3.63, 3.8) is 0 Å². The molecule has 2 rings (SSSR count). The molecule has 6 heteroatoms. The summed E-state index contributed by atoms with van der Waals surface area (Å²) >= 11 is 0. The van der Waals surface area contributed by atoms with Crippen LogP contribution in [0.5, 0.6) is 0 Å². The highest BCUT2D eigenvalue weighted by atomic mass is 19.4. The van der Waals surface area contributed by atoms with Crippen LogP contribution in [0, 0.1) is 0 Å². The highest BCUT2D eigenvalue weighted by Gasteiger charge is 2.30. The van der Waals surface area contributed by atoms with Gasteiger partial charge in [0.1, 0.15) is 0 Å². The first-order valence-corrected chi connectivity index (χ1v) is 5.48. The maximum absolute atomic E-state index is 12.5. The molecule has 0 bridgehead atoms. The van der Waals surface area contributed by atoms with Crippen LogP contribution in [0.25, 0.3) is 0 Å². The summed E-state index contributed by atoms with van der Waals surface area (Å²) in [5.41, 5.74) is -0.109. The lowest BCUT2D eigenvalue weighted by Crippen LogP contribution is -2.11. The lowest BCUT2D eigenvalue weighted by atomic mass is 10.2. The third-order valence-electron chi connectivity index (χ3n) is 2.49. The molecule has 1 heterocycles. The van der Waals surface area contributed by atoms with Gasteiger partial charge in [-0.05, 0) is 24.3 Å². The van der Waals surface area contributed by atoms with Crippen LogP contribution in [0.3, 0.4) is 0 Å². The van der Waals surface area contributed by atoms with Crippen molar-refractivity contribution >= 4 is 5.69 Å². The summed E-state index contributed by atoms with van der Waals surface area (Å²) in [5, 5.41) is 12.4. The molecule has 0 aliphatic rings. The number of alkyl halides is 3. The quantitative estimate of drug-likeness (QED) is 0.840. The lowest BCUT2D eigenvalue weighted by molar-refractivity contribution is -0.137. The molecular weight excluding hydrogens is 257 g/mol. The van der Waals surface area contributed by atoms with Gasteiger partial charge in [0.05, 0.1) is 5.56 Å². The first-order valence-electron chi connectivity index (χ1n) is 5.48. The molecule has 2 N–H and O–H groups in total. The van der Waals surface area contributed by atoms with Gasteiger partial charge in [-0.2, -0.15) is 13.2 Å². The van der Waals surface area contributed by atoms with Crippen LogP contribution in [-0.4, -0.2) is 10.1 Å². The Hall–Kier alpha value is -2.08. The van der Waals surface area contributed by atoms with Crippen molar-refractivity contribution in [2.45, 2.75) is 12.4 Å². The summed E-state index contributed by atoms with van der Waals surface area (Å²) in [4.78, 5) is 3.82. The smallest absolute Gasteiger partial charge is 0.369 e. The molecule has 0 aliphatic carbocycles. The van der Waals surface area contributed by atoms with E-state index >= 15 is 0 Å². The van der Waals surface area contributed by atoms with Gasteiger partial charge in [-0.3, -0.25) is 4.98 Å². The van der Waals surface area contributed by atoms with Gasteiger partial charge in [0, 0.05) is 23.6 Å². The molecule has 0 spiro atoms. The Morgan fingerprint density at radius 1 is 1.16 bits per heavy atom. The molecule has 0 saturated carbocycles. The number of pyridine rings is 1. The molecular formula is C13H11F3N2O. The van der Waals surface area contributed by atoms with Crippen LogP contribution >= 0.6 is 0 Å². The summed E-state index contributed by atoms with van der Waals surface area (Å²) in [5.74, 6) is 0. The topological polar surface area (TPSA) is 45.1 Å². The molecule has 1 unspecified atom stereocenters. The molecule has 1 aromatic carbocycles. The van der Waals surface area contributed by atoms with Crippen molar-refractivity contribution in [1.29, 1.82) is 0 Å². The summed E-state index contributed by atoms with van der Waals surface area (Å²) < 4.78 is 37.6. The van der Waals surface area contributed by atoms with Crippen LogP contribution in [0.15, 0.2) is 48.8 Å².